The van der Waals surface area contributed by atoms with Gasteiger partial charge in [-0.25, -0.2) is 14.2 Å². The molecule has 1 aromatic heterocycles. The van der Waals surface area contributed by atoms with E-state index in [2.05, 4.69) is 10.2 Å². The van der Waals surface area contributed by atoms with Crippen LogP contribution >= 0.6 is 12.2 Å². The van der Waals surface area contributed by atoms with E-state index < -0.39 is 0 Å². The Morgan fingerprint density at radius 1 is 1.31 bits per heavy atom. The van der Waals surface area contributed by atoms with E-state index in [1.165, 1.54) is 12.1 Å². The molecule has 1 aromatic carbocycles. The van der Waals surface area contributed by atoms with Gasteiger partial charge in [-0.05, 0) is 36.5 Å². The molecule has 1 heterocycles. The minimum absolute atomic E-state index is 0.269. The van der Waals surface area contributed by atoms with Crippen LogP contribution in [0.1, 0.15) is 0 Å². The van der Waals surface area contributed by atoms with Crippen molar-refractivity contribution in [2.75, 3.05) is 19.1 Å². The van der Waals surface area contributed by atoms with Gasteiger partial charge in [-0.15, -0.1) is 0 Å². The van der Waals surface area contributed by atoms with E-state index in [1.54, 1.807) is 16.8 Å². The lowest BCUT2D eigenvalue weighted by molar-refractivity contribution is 0.628. The summed E-state index contributed by atoms with van der Waals surface area (Å²) in [5.41, 5.74) is 0.808. The van der Waals surface area contributed by atoms with Crippen molar-refractivity contribution in [3.63, 3.8) is 0 Å². The molecule has 0 atom stereocenters. The van der Waals surface area contributed by atoms with Crippen LogP contribution < -0.4 is 5.01 Å². The molecule has 0 aliphatic carbocycles. The third-order valence-electron chi connectivity index (χ3n) is 2.15. The Balaban J connectivity index is 2.56. The lowest BCUT2D eigenvalue weighted by atomic mass is 10.2. The van der Waals surface area contributed by atoms with E-state index in [1.807, 2.05) is 19.1 Å². The summed E-state index contributed by atoms with van der Waals surface area (Å²) in [5, 5.41) is 8.64. The van der Waals surface area contributed by atoms with Gasteiger partial charge in [0.1, 0.15) is 5.82 Å². The number of hydrogen-bond donors (Lipinski definition) is 1. The summed E-state index contributed by atoms with van der Waals surface area (Å²) in [4.78, 5) is 0. The molecule has 0 aliphatic rings. The van der Waals surface area contributed by atoms with E-state index in [0.717, 1.165) is 5.56 Å². The molecule has 1 N–H and O–H groups in total. The second-order valence-corrected chi connectivity index (χ2v) is 3.90. The summed E-state index contributed by atoms with van der Waals surface area (Å²) in [5.74, 6) is 0.393. The van der Waals surface area contributed by atoms with Crippen LogP contribution in [-0.4, -0.2) is 29.0 Å². The van der Waals surface area contributed by atoms with E-state index >= 15 is 0 Å². The molecule has 0 unspecified atom stereocenters. The number of rotatable bonds is 2. The van der Waals surface area contributed by atoms with Crippen molar-refractivity contribution in [2.24, 2.45) is 0 Å². The highest BCUT2D eigenvalue weighted by molar-refractivity contribution is 7.71. The standard InChI is InChI=1S/C10H11FN4S/c1-14(2)15-9(12-13-10(15)16)7-3-5-8(11)6-4-7/h3-6H,1-2H3,(H,13,16). The van der Waals surface area contributed by atoms with Crippen LogP contribution in [0, 0.1) is 10.6 Å². The second-order valence-electron chi connectivity index (χ2n) is 3.52. The van der Waals surface area contributed by atoms with Gasteiger partial charge in [-0.3, -0.25) is 0 Å². The number of aromatic amines is 1. The van der Waals surface area contributed by atoms with Crippen LogP contribution in [0.2, 0.25) is 0 Å². The topological polar surface area (TPSA) is 36.9 Å². The van der Waals surface area contributed by atoms with Gasteiger partial charge in [0.2, 0.25) is 4.77 Å². The van der Waals surface area contributed by atoms with Gasteiger partial charge in [0.25, 0.3) is 0 Å². The zero-order chi connectivity index (χ0) is 11.7. The normalized spacial score (nSPS) is 10.4. The number of nitrogens with zero attached hydrogens (tertiary/aromatic N) is 3. The maximum atomic E-state index is 12.8. The Kier molecular flexibility index (Phi) is 2.74. The van der Waals surface area contributed by atoms with Crippen molar-refractivity contribution in [1.82, 2.24) is 14.9 Å². The third-order valence-corrected chi connectivity index (χ3v) is 2.42. The molecule has 0 amide bonds. The summed E-state index contributed by atoms with van der Waals surface area (Å²) in [6.45, 7) is 0. The maximum Gasteiger partial charge on any atom is 0.214 e. The number of H-pyrrole nitrogens is 1. The molecule has 4 nitrogen and oxygen atoms in total. The number of halogens is 1. The predicted molar refractivity (Wildman–Crippen MR) is 62.9 cm³/mol. The van der Waals surface area contributed by atoms with Gasteiger partial charge >= 0.3 is 0 Å². The molecular weight excluding hydrogens is 227 g/mol. The maximum absolute atomic E-state index is 12.8. The average molecular weight is 238 g/mol. The molecule has 0 fully saturated rings. The van der Waals surface area contributed by atoms with Crippen molar-refractivity contribution in [3.8, 4) is 11.4 Å². The zero-order valence-corrected chi connectivity index (χ0v) is 9.75. The molecule has 0 saturated carbocycles. The van der Waals surface area contributed by atoms with Gasteiger partial charge < -0.3 is 5.01 Å². The van der Waals surface area contributed by atoms with Crippen molar-refractivity contribution < 1.29 is 4.39 Å². The van der Waals surface area contributed by atoms with Crippen LogP contribution in [0.25, 0.3) is 11.4 Å². The smallest absolute Gasteiger partial charge is 0.214 e. The molecule has 0 aliphatic heterocycles. The van der Waals surface area contributed by atoms with Crippen LogP contribution in [0.15, 0.2) is 24.3 Å². The van der Waals surface area contributed by atoms with Crippen molar-refractivity contribution in [1.29, 1.82) is 0 Å². The first-order valence-electron chi connectivity index (χ1n) is 4.70. The van der Waals surface area contributed by atoms with Crippen LogP contribution in [0.5, 0.6) is 0 Å². The fourth-order valence-electron chi connectivity index (χ4n) is 1.45. The first kappa shape index (κ1) is 10.8. The Bertz CT molecular complexity index is 541. The quantitative estimate of drug-likeness (QED) is 0.812. The Labute approximate surface area is 97.3 Å². The zero-order valence-electron chi connectivity index (χ0n) is 8.94. The highest BCUT2D eigenvalue weighted by atomic mass is 32.1. The van der Waals surface area contributed by atoms with Gasteiger partial charge in [0.05, 0.1) is 0 Å². The summed E-state index contributed by atoms with van der Waals surface area (Å²) in [6.07, 6.45) is 0. The highest BCUT2D eigenvalue weighted by Gasteiger charge is 2.09. The summed E-state index contributed by atoms with van der Waals surface area (Å²) < 4.78 is 15.0. The predicted octanol–water partition coefficient (Wildman–Crippen LogP) is 1.94. The molecule has 2 aromatic rings. The molecule has 0 spiro atoms. The van der Waals surface area contributed by atoms with Gasteiger partial charge in [-0.2, -0.15) is 5.10 Å². The minimum atomic E-state index is -0.269. The molecule has 0 saturated heterocycles. The van der Waals surface area contributed by atoms with Gasteiger partial charge in [0.15, 0.2) is 5.82 Å². The highest BCUT2D eigenvalue weighted by Crippen LogP contribution is 2.17. The van der Waals surface area contributed by atoms with E-state index in [4.69, 9.17) is 12.2 Å². The Morgan fingerprint density at radius 2 is 1.94 bits per heavy atom. The number of hydrogen-bond acceptors (Lipinski definition) is 3. The second kappa shape index (κ2) is 4.05. The van der Waals surface area contributed by atoms with E-state index in [-0.39, 0.29) is 5.82 Å². The number of nitrogens with one attached hydrogen (secondary N) is 1. The number of benzene rings is 1. The molecule has 0 bridgehead atoms. The van der Waals surface area contributed by atoms with Crippen molar-refractivity contribution >= 4 is 12.2 Å². The van der Waals surface area contributed by atoms with Crippen LogP contribution in [0.3, 0.4) is 0 Å². The third kappa shape index (κ3) is 1.83. The minimum Gasteiger partial charge on any atom is -0.315 e. The van der Waals surface area contributed by atoms with Crippen molar-refractivity contribution in [3.05, 3.63) is 34.9 Å². The summed E-state index contributed by atoms with van der Waals surface area (Å²) in [6, 6.07) is 6.13. The molecule has 6 heteroatoms. The van der Waals surface area contributed by atoms with Crippen molar-refractivity contribution in [2.45, 2.75) is 0 Å². The first-order chi connectivity index (χ1) is 7.59. The molecular formula is C10H11FN4S. The van der Waals surface area contributed by atoms with Crippen LogP contribution in [0.4, 0.5) is 4.39 Å². The fourth-order valence-corrected chi connectivity index (χ4v) is 1.74. The van der Waals surface area contributed by atoms with Gasteiger partial charge in [0, 0.05) is 19.7 Å². The van der Waals surface area contributed by atoms with E-state index in [9.17, 15) is 4.39 Å². The fraction of sp³-hybridized carbons (Fsp3) is 0.200. The lowest BCUT2D eigenvalue weighted by Gasteiger charge is -2.15. The Hall–Kier alpha value is -1.69. The van der Waals surface area contributed by atoms with E-state index in [0.29, 0.717) is 10.6 Å². The molecule has 84 valence electrons. The lowest BCUT2D eigenvalue weighted by Crippen LogP contribution is -2.25. The summed E-state index contributed by atoms with van der Waals surface area (Å²) >= 11 is 5.10. The monoisotopic (exact) mass is 238 g/mol. The SMILES string of the molecule is CN(C)n1c(-c2ccc(F)cc2)n[nH]c1=S. The molecule has 0 radical (unpaired) electrons. The average Bonchev–Trinajstić information content (AvgIpc) is 2.61. The Morgan fingerprint density at radius 3 is 2.50 bits per heavy atom. The van der Waals surface area contributed by atoms with Crippen LogP contribution in [-0.2, 0) is 0 Å². The largest absolute Gasteiger partial charge is 0.315 e. The number of aromatic nitrogens is 3. The van der Waals surface area contributed by atoms with Gasteiger partial charge in [-0.1, -0.05) is 0 Å². The summed E-state index contributed by atoms with van der Waals surface area (Å²) in [7, 11) is 3.72. The molecule has 16 heavy (non-hydrogen) atoms. The first-order valence-corrected chi connectivity index (χ1v) is 5.11. The molecule has 2 rings (SSSR count).